The van der Waals surface area contributed by atoms with Crippen molar-refractivity contribution in [2.24, 2.45) is 0 Å². The minimum absolute atomic E-state index is 0.308. The van der Waals surface area contributed by atoms with Crippen molar-refractivity contribution in [3.63, 3.8) is 0 Å². The summed E-state index contributed by atoms with van der Waals surface area (Å²) in [4.78, 5) is 4.53. The van der Waals surface area contributed by atoms with E-state index in [1.54, 1.807) is 11.3 Å². The molecule has 2 aromatic heterocycles. The van der Waals surface area contributed by atoms with E-state index >= 15 is 0 Å². The quantitative estimate of drug-likeness (QED) is 0.750. The maximum absolute atomic E-state index is 6.05. The van der Waals surface area contributed by atoms with Crippen molar-refractivity contribution in [1.82, 2.24) is 4.98 Å². The second-order valence-electron chi connectivity index (χ2n) is 6.12. The molecule has 0 N–H and O–H groups in total. The van der Waals surface area contributed by atoms with Crippen LogP contribution in [-0.2, 0) is 9.31 Å². The highest BCUT2D eigenvalue weighted by atomic mass is 32.1. The zero-order valence-electron chi connectivity index (χ0n) is 12.0. The molecule has 0 saturated carbocycles. The lowest BCUT2D eigenvalue weighted by Gasteiger charge is -2.32. The number of aryl methyl sites for hydroxylation is 1. The highest BCUT2D eigenvalue weighted by molar-refractivity contribution is 7.17. The molecule has 3 heterocycles. The molecule has 3 rings (SSSR count). The van der Waals surface area contributed by atoms with Gasteiger partial charge in [-0.15, -0.1) is 11.3 Å². The van der Waals surface area contributed by atoms with Crippen molar-refractivity contribution >= 4 is 34.1 Å². The number of fused-ring (bicyclic) bond motifs is 1. The first-order valence-electron chi connectivity index (χ1n) is 6.49. The third-order valence-corrected chi connectivity index (χ3v) is 5.17. The van der Waals surface area contributed by atoms with Crippen LogP contribution in [0, 0.1) is 6.92 Å². The number of thiophene rings is 1. The van der Waals surface area contributed by atoms with Gasteiger partial charge < -0.3 is 9.31 Å². The van der Waals surface area contributed by atoms with E-state index in [1.807, 2.05) is 6.20 Å². The fourth-order valence-electron chi connectivity index (χ4n) is 2.16. The summed E-state index contributed by atoms with van der Waals surface area (Å²) in [5.41, 5.74) is 2.68. The first-order chi connectivity index (χ1) is 8.80. The fourth-order valence-corrected chi connectivity index (χ4v) is 3.11. The van der Waals surface area contributed by atoms with Crippen molar-refractivity contribution in [2.45, 2.75) is 45.8 Å². The third-order valence-electron chi connectivity index (χ3n) is 4.14. The zero-order valence-corrected chi connectivity index (χ0v) is 12.8. The molecule has 0 aromatic carbocycles. The molecule has 1 fully saturated rings. The Hall–Kier alpha value is -0.905. The van der Waals surface area contributed by atoms with Crippen molar-refractivity contribution in [3.8, 4) is 0 Å². The first kappa shape index (κ1) is 13.1. The van der Waals surface area contributed by atoms with Gasteiger partial charge in [0.25, 0.3) is 0 Å². The molecule has 0 amide bonds. The second-order valence-corrected chi connectivity index (χ2v) is 7.03. The van der Waals surface area contributed by atoms with Crippen LogP contribution in [0.5, 0.6) is 0 Å². The number of aromatic nitrogens is 1. The minimum atomic E-state index is -0.329. The Labute approximate surface area is 118 Å². The number of nitrogens with zero attached hydrogens (tertiary/aromatic N) is 1. The molecule has 0 aliphatic carbocycles. The zero-order chi connectivity index (χ0) is 13.8. The van der Waals surface area contributed by atoms with E-state index in [2.05, 4.69) is 51.0 Å². The molecule has 3 nitrogen and oxygen atoms in total. The van der Waals surface area contributed by atoms with E-state index in [-0.39, 0.29) is 18.3 Å². The highest BCUT2D eigenvalue weighted by Gasteiger charge is 2.51. The van der Waals surface area contributed by atoms with Crippen molar-refractivity contribution < 1.29 is 9.31 Å². The van der Waals surface area contributed by atoms with Gasteiger partial charge in [0.05, 0.1) is 21.4 Å². The lowest BCUT2D eigenvalue weighted by Crippen LogP contribution is -2.41. The van der Waals surface area contributed by atoms with E-state index in [0.717, 1.165) is 11.0 Å². The fraction of sp³-hybridized carbons (Fsp3) is 0.500. The monoisotopic (exact) mass is 275 g/mol. The Balaban J connectivity index is 1.98. The lowest BCUT2D eigenvalue weighted by molar-refractivity contribution is 0.00578. The molecular formula is C14H18BNO2S. The van der Waals surface area contributed by atoms with Crippen LogP contribution in [0.4, 0.5) is 0 Å². The van der Waals surface area contributed by atoms with Gasteiger partial charge in [-0.1, -0.05) is 0 Å². The molecular weight excluding hydrogens is 257 g/mol. The van der Waals surface area contributed by atoms with Crippen molar-refractivity contribution in [3.05, 3.63) is 23.2 Å². The predicted molar refractivity (Wildman–Crippen MR) is 80.1 cm³/mol. The molecule has 0 bridgehead atoms. The molecule has 19 heavy (non-hydrogen) atoms. The summed E-state index contributed by atoms with van der Waals surface area (Å²) in [6, 6.07) is 2.13. The summed E-state index contributed by atoms with van der Waals surface area (Å²) in [6.07, 6.45) is 1.87. The SMILES string of the molecule is Cc1csc2cc(B3OC(C)(C)C(C)(C)O3)cnc12. The van der Waals surface area contributed by atoms with Crippen LogP contribution in [0.2, 0.25) is 0 Å². The molecule has 0 spiro atoms. The van der Waals surface area contributed by atoms with Crippen LogP contribution in [-0.4, -0.2) is 23.3 Å². The third kappa shape index (κ3) is 2.00. The lowest BCUT2D eigenvalue weighted by atomic mass is 9.80. The maximum atomic E-state index is 6.05. The number of pyridine rings is 1. The highest BCUT2D eigenvalue weighted by Crippen LogP contribution is 2.36. The number of hydrogen-bond donors (Lipinski definition) is 0. The van der Waals surface area contributed by atoms with Crippen molar-refractivity contribution in [1.29, 1.82) is 0 Å². The molecule has 1 aliphatic rings. The van der Waals surface area contributed by atoms with E-state index in [4.69, 9.17) is 9.31 Å². The normalized spacial score (nSPS) is 21.2. The standard InChI is InChI=1S/C14H18BNO2S/c1-9-8-19-11-6-10(7-16-12(9)11)15-17-13(2,3)14(4,5)18-15/h6-8H,1-5H3. The van der Waals surface area contributed by atoms with Crippen molar-refractivity contribution in [2.75, 3.05) is 0 Å². The Bertz CT molecular complexity index is 619. The molecule has 1 saturated heterocycles. The summed E-state index contributed by atoms with van der Waals surface area (Å²) < 4.78 is 13.3. The van der Waals surface area contributed by atoms with Gasteiger partial charge in [0.1, 0.15) is 0 Å². The molecule has 100 valence electrons. The van der Waals surface area contributed by atoms with E-state index in [9.17, 15) is 0 Å². The van der Waals surface area contributed by atoms with Crippen LogP contribution in [0.15, 0.2) is 17.6 Å². The Morgan fingerprint density at radius 1 is 1.16 bits per heavy atom. The summed E-state index contributed by atoms with van der Waals surface area (Å²) in [7, 11) is -0.329. The van der Waals surface area contributed by atoms with Crippen LogP contribution in [0.1, 0.15) is 33.3 Å². The van der Waals surface area contributed by atoms with Gasteiger partial charge in [-0.05, 0) is 51.6 Å². The Morgan fingerprint density at radius 2 is 1.79 bits per heavy atom. The molecule has 1 aliphatic heterocycles. The summed E-state index contributed by atoms with van der Waals surface area (Å²) in [5.74, 6) is 0. The van der Waals surface area contributed by atoms with E-state index in [1.165, 1.54) is 10.3 Å². The summed E-state index contributed by atoms with van der Waals surface area (Å²) >= 11 is 1.71. The number of hydrogen-bond acceptors (Lipinski definition) is 4. The van der Waals surface area contributed by atoms with E-state index in [0.29, 0.717) is 0 Å². The predicted octanol–water partition coefficient (Wildman–Crippen LogP) is 2.90. The van der Waals surface area contributed by atoms with Gasteiger partial charge in [0.15, 0.2) is 0 Å². The molecule has 0 atom stereocenters. The summed E-state index contributed by atoms with van der Waals surface area (Å²) in [6.45, 7) is 10.3. The van der Waals surface area contributed by atoms with Gasteiger partial charge >= 0.3 is 7.12 Å². The Morgan fingerprint density at radius 3 is 2.42 bits per heavy atom. The minimum Gasteiger partial charge on any atom is -0.399 e. The molecule has 0 radical (unpaired) electrons. The van der Waals surface area contributed by atoms with Gasteiger partial charge in [-0.2, -0.15) is 0 Å². The van der Waals surface area contributed by atoms with Crippen LogP contribution < -0.4 is 5.46 Å². The second kappa shape index (κ2) is 4.04. The molecule has 0 unspecified atom stereocenters. The van der Waals surface area contributed by atoms with Gasteiger partial charge in [-0.25, -0.2) is 0 Å². The van der Waals surface area contributed by atoms with Crippen LogP contribution in [0.3, 0.4) is 0 Å². The van der Waals surface area contributed by atoms with Gasteiger partial charge in [-0.3, -0.25) is 4.98 Å². The number of rotatable bonds is 1. The first-order valence-corrected chi connectivity index (χ1v) is 7.37. The van der Waals surface area contributed by atoms with E-state index < -0.39 is 0 Å². The molecule has 5 heteroatoms. The molecule has 2 aromatic rings. The van der Waals surface area contributed by atoms with Gasteiger partial charge in [0.2, 0.25) is 0 Å². The maximum Gasteiger partial charge on any atom is 0.496 e. The van der Waals surface area contributed by atoms with Gasteiger partial charge in [0, 0.05) is 11.7 Å². The van der Waals surface area contributed by atoms with Crippen LogP contribution in [0.25, 0.3) is 10.2 Å². The van der Waals surface area contributed by atoms with Crippen LogP contribution >= 0.6 is 11.3 Å². The smallest absolute Gasteiger partial charge is 0.399 e. The Kier molecular flexibility index (Phi) is 2.79. The average Bonchev–Trinajstić information content (AvgIpc) is 2.78. The summed E-state index contributed by atoms with van der Waals surface area (Å²) in [5, 5.41) is 2.13. The average molecular weight is 275 g/mol. The largest absolute Gasteiger partial charge is 0.496 e. The topological polar surface area (TPSA) is 31.4 Å².